The van der Waals surface area contributed by atoms with Crippen LogP contribution < -0.4 is 10.1 Å². The van der Waals surface area contributed by atoms with Gasteiger partial charge in [0.25, 0.3) is 5.69 Å². The van der Waals surface area contributed by atoms with Crippen LogP contribution in [-0.4, -0.2) is 29.6 Å². The maximum absolute atomic E-state index is 10.6. The second-order valence-corrected chi connectivity index (χ2v) is 4.57. The lowest BCUT2D eigenvalue weighted by Gasteiger charge is -2.10. The van der Waals surface area contributed by atoms with Crippen molar-refractivity contribution in [2.75, 3.05) is 19.7 Å². The van der Waals surface area contributed by atoms with Gasteiger partial charge >= 0.3 is 0 Å². The van der Waals surface area contributed by atoms with Crippen LogP contribution in [0.5, 0.6) is 5.88 Å². The van der Waals surface area contributed by atoms with Crippen LogP contribution in [0.3, 0.4) is 0 Å². The Kier molecular flexibility index (Phi) is 4.09. The number of hydrogen-bond donors (Lipinski definition) is 1. The molecule has 1 unspecified atom stereocenters. The number of ether oxygens (including phenoxy) is 1. The molecule has 1 saturated heterocycles. The van der Waals surface area contributed by atoms with E-state index in [-0.39, 0.29) is 5.69 Å². The van der Waals surface area contributed by atoms with E-state index >= 15 is 0 Å². The van der Waals surface area contributed by atoms with Crippen LogP contribution in [0.25, 0.3) is 0 Å². The molecule has 1 aliphatic heterocycles. The molecule has 6 heteroatoms. The highest BCUT2D eigenvalue weighted by Crippen LogP contribution is 2.20. The summed E-state index contributed by atoms with van der Waals surface area (Å²) in [6, 6.07) is 1.49. The van der Waals surface area contributed by atoms with Gasteiger partial charge < -0.3 is 10.1 Å². The van der Waals surface area contributed by atoms with E-state index in [2.05, 4.69) is 10.3 Å². The largest absolute Gasteiger partial charge is 0.477 e. The molecule has 1 N–H and O–H groups in total. The number of rotatable bonds is 5. The topological polar surface area (TPSA) is 77.3 Å². The van der Waals surface area contributed by atoms with Gasteiger partial charge in [-0.25, -0.2) is 4.98 Å². The summed E-state index contributed by atoms with van der Waals surface area (Å²) in [7, 11) is 0. The molecule has 1 aliphatic rings. The number of pyridine rings is 1. The van der Waals surface area contributed by atoms with E-state index in [1.165, 1.54) is 18.7 Å². The van der Waals surface area contributed by atoms with Crippen molar-refractivity contribution in [2.45, 2.75) is 19.8 Å². The standard InChI is InChI=1S/C12H17N3O3/c1-9-6-11(15(16)17)8-14-12(9)18-5-3-10-2-4-13-7-10/h6,8,10,13H,2-5,7H2,1H3. The summed E-state index contributed by atoms with van der Waals surface area (Å²) < 4.78 is 5.57. The summed E-state index contributed by atoms with van der Waals surface area (Å²) in [6.07, 6.45) is 3.42. The molecule has 1 atom stereocenters. The summed E-state index contributed by atoms with van der Waals surface area (Å²) in [4.78, 5) is 14.1. The van der Waals surface area contributed by atoms with Gasteiger partial charge in [-0.05, 0) is 38.8 Å². The third kappa shape index (κ3) is 3.16. The lowest BCUT2D eigenvalue weighted by Crippen LogP contribution is -2.12. The SMILES string of the molecule is Cc1cc([N+](=O)[O-])cnc1OCCC1CCNC1. The highest BCUT2D eigenvalue weighted by molar-refractivity contribution is 5.36. The number of nitro groups is 1. The Labute approximate surface area is 106 Å². The first-order valence-corrected chi connectivity index (χ1v) is 6.11. The van der Waals surface area contributed by atoms with Crippen molar-refractivity contribution in [3.05, 3.63) is 27.9 Å². The van der Waals surface area contributed by atoms with Gasteiger partial charge in [0.15, 0.2) is 0 Å². The molecule has 2 heterocycles. The van der Waals surface area contributed by atoms with Crippen molar-refractivity contribution in [1.82, 2.24) is 10.3 Å². The van der Waals surface area contributed by atoms with Crippen LogP contribution >= 0.6 is 0 Å². The third-order valence-corrected chi connectivity index (χ3v) is 3.15. The fraction of sp³-hybridized carbons (Fsp3) is 0.583. The van der Waals surface area contributed by atoms with Gasteiger partial charge in [-0.3, -0.25) is 10.1 Å². The molecule has 1 fully saturated rings. The third-order valence-electron chi connectivity index (χ3n) is 3.15. The zero-order valence-electron chi connectivity index (χ0n) is 10.4. The second kappa shape index (κ2) is 5.77. The smallest absolute Gasteiger partial charge is 0.288 e. The first kappa shape index (κ1) is 12.8. The van der Waals surface area contributed by atoms with Crippen LogP contribution in [0.2, 0.25) is 0 Å². The monoisotopic (exact) mass is 251 g/mol. The lowest BCUT2D eigenvalue weighted by atomic mass is 10.1. The Hall–Kier alpha value is -1.69. The minimum Gasteiger partial charge on any atom is -0.477 e. The molecule has 0 bridgehead atoms. The normalized spacial score (nSPS) is 18.8. The Morgan fingerprint density at radius 2 is 2.50 bits per heavy atom. The molecule has 2 rings (SSSR count). The van der Waals surface area contributed by atoms with E-state index < -0.39 is 4.92 Å². The fourth-order valence-corrected chi connectivity index (χ4v) is 2.08. The highest BCUT2D eigenvalue weighted by Gasteiger charge is 2.15. The van der Waals surface area contributed by atoms with Crippen LogP contribution in [0.15, 0.2) is 12.3 Å². The van der Waals surface area contributed by atoms with E-state index in [0.29, 0.717) is 24.0 Å². The molecule has 0 radical (unpaired) electrons. The molecule has 1 aromatic heterocycles. The highest BCUT2D eigenvalue weighted by atomic mass is 16.6. The zero-order chi connectivity index (χ0) is 13.0. The van der Waals surface area contributed by atoms with Crippen LogP contribution in [-0.2, 0) is 0 Å². The fourth-order valence-electron chi connectivity index (χ4n) is 2.08. The van der Waals surface area contributed by atoms with Crippen molar-refractivity contribution in [1.29, 1.82) is 0 Å². The minimum atomic E-state index is -0.450. The van der Waals surface area contributed by atoms with E-state index in [9.17, 15) is 10.1 Å². The quantitative estimate of drug-likeness (QED) is 0.636. The summed E-state index contributed by atoms with van der Waals surface area (Å²) in [5.41, 5.74) is 0.702. The molecule has 0 aliphatic carbocycles. The van der Waals surface area contributed by atoms with E-state index in [0.717, 1.165) is 19.5 Å². The molecule has 6 nitrogen and oxygen atoms in total. The van der Waals surface area contributed by atoms with Crippen molar-refractivity contribution in [3.63, 3.8) is 0 Å². The number of hydrogen-bond acceptors (Lipinski definition) is 5. The van der Waals surface area contributed by atoms with Crippen LogP contribution in [0, 0.1) is 23.0 Å². The van der Waals surface area contributed by atoms with Gasteiger partial charge in [0, 0.05) is 11.6 Å². The number of aromatic nitrogens is 1. The second-order valence-electron chi connectivity index (χ2n) is 4.57. The molecule has 0 saturated carbocycles. The summed E-state index contributed by atoms with van der Waals surface area (Å²) >= 11 is 0. The molecular weight excluding hydrogens is 234 g/mol. The molecule has 18 heavy (non-hydrogen) atoms. The molecule has 0 amide bonds. The van der Waals surface area contributed by atoms with Gasteiger partial charge in [0.1, 0.15) is 6.20 Å². The van der Waals surface area contributed by atoms with E-state index in [1.54, 1.807) is 6.92 Å². The van der Waals surface area contributed by atoms with Crippen molar-refractivity contribution in [3.8, 4) is 5.88 Å². The molecular formula is C12H17N3O3. The predicted octanol–water partition coefficient (Wildman–Crippen LogP) is 1.68. The van der Waals surface area contributed by atoms with E-state index in [1.807, 2.05) is 0 Å². The van der Waals surface area contributed by atoms with Crippen LogP contribution in [0.1, 0.15) is 18.4 Å². The number of nitrogens with zero attached hydrogens (tertiary/aromatic N) is 2. The van der Waals surface area contributed by atoms with Crippen molar-refractivity contribution >= 4 is 5.69 Å². The first-order chi connectivity index (χ1) is 8.66. The Bertz CT molecular complexity index is 431. The Morgan fingerprint density at radius 1 is 1.67 bits per heavy atom. The molecule has 1 aromatic rings. The van der Waals surface area contributed by atoms with Crippen LogP contribution in [0.4, 0.5) is 5.69 Å². The van der Waals surface area contributed by atoms with Crippen molar-refractivity contribution < 1.29 is 9.66 Å². The van der Waals surface area contributed by atoms with Gasteiger partial charge in [-0.15, -0.1) is 0 Å². The van der Waals surface area contributed by atoms with Gasteiger partial charge in [0.05, 0.1) is 11.5 Å². The average Bonchev–Trinajstić information content (AvgIpc) is 2.84. The molecule has 98 valence electrons. The Morgan fingerprint density at radius 3 is 3.11 bits per heavy atom. The molecule has 0 spiro atoms. The summed E-state index contributed by atoms with van der Waals surface area (Å²) in [6.45, 7) is 4.51. The maximum Gasteiger partial charge on any atom is 0.288 e. The van der Waals surface area contributed by atoms with Gasteiger partial charge in [-0.2, -0.15) is 0 Å². The van der Waals surface area contributed by atoms with Gasteiger partial charge in [0.2, 0.25) is 5.88 Å². The predicted molar refractivity (Wildman–Crippen MR) is 66.7 cm³/mol. The number of aryl methyl sites for hydroxylation is 1. The van der Waals surface area contributed by atoms with Crippen molar-refractivity contribution in [2.24, 2.45) is 5.92 Å². The average molecular weight is 251 g/mol. The minimum absolute atomic E-state index is 0.000145. The summed E-state index contributed by atoms with van der Waals surface area (Å²) in [5.74, 6) is 1.16. The maximum atomic E-state index is 10.6. The zero-order valence-corrected chi connectivity index (χ0v) is 10.4. The Balaban J connectivity index is 1.87. The lowest BCUT2D eigenvalue weighted by molar-refractivity contribution is -0.385. The summed E-state index contributed by atoms with van der Waals surface area (Å²) in [5, 5.41) is 13.9. The van der Waals surface area contributed by atoms with E-state index in [4.69, 9.17) is 4.74 Å². The number of nitrogens with one attached hydrogen (secondary N) is 1. The molecule has 0 aromatic carbocycles. The van der Waals surface area contributed by atoms with Gasteiger partial charge in [-0.1, -0.05) is 0 Å². The first-order valence-electron chi connectivity index (χ1n) is 6.11.